The van der Waals surface area contributed by atoms with Crippen LogP contribution < -0.4 is 0 Å². The van der Waals surface area contributed by atoms with Crippen molar-refractivity contribution in [2.24, 2.45) is 5.92 Å². The summed E-state index contributed by atoms with van der Waals surface area (Å²) in [5.74, 6) is 0.434. The first-order valence-electron chi connectivity index (χ1n) is 14.2. The molecule has 0 bridgehead atoms. The summed E-state index contributed by atoms with van der Waals surface area (Å²) in [5.41, 5.74) is 2.59. The summed E-state index contributed by atoms with van der Waals surface area (Å²) in [7, 11) is -4.98. The van der Waals surface area contributed by atoms with Gasteiger partial charge in [0.15, 0.2) is 0 Å². The predicted octanol–water partition coefficient (Wildman–Crippen LogP) is 8.66. The van der Waals surface area contributed by atoms with Gasteiger partial charge in [-0.15, -0.1) is 0 Å². The molecule has 1 aliphatic rings. The van der Waals surface area contributed by atoms with Gasteiger partial charge in [0, 0.05) is 0 Å². The van der Waals surface area contributed by atoms with Crippen LogP contribution in [0.4, 0.5) is 0 Å². The Morgan fingerprint density at radius 2 is 1.43 bits per heavy atom. The molecular weight excluding hydrogens is 573 g/mol. The van der Waals surface area contributed by atoms with E-state index in [9.17, 15) is 8.42 Å². The van der Waals surface area contributed by atoms with E-state index in [2.05, 4.69) is 47.3 Å². The molecule has 3 nitrogen and oxygen atoms in total. The van der Waals surface area contributed by atoms with E-state index in [1.807, 2.05) is 23.4 Å². The number of hydrogen-bond donors (Lipinski definition) is 0. The van der Waals surface area contributed by atoms with Gasteiger partial charge in [0.25, 0.3) is 0 Å². The van der Waals surface area contributed by atoms with E-state index in [0.717, 1.165) is 5.56 Å². The van der Waals surface area contributed by atoms with Crippen molar-refractivity contribution in [1.82, 2.24) is 4.31 Å². The average Bonchev–Trinajstić information content (AvgIpc) is 3.23. The van der Waals surface area contributed by atoms with E-state index in [4.69, 9.17) is 0 Å². The van der Waals surface area contributed by atoms with Crippen LogP contribution in [-0.4, -0.2) is 52.3 Å². The molecule has 1 saturated heterocycles. The van der Waals surface area contributed by atoms with Crippen LogP contribution in [0.25, 0.3) is 0 Å². The molecule has 1 atom stereocenters. The van der Waals surface area contributed by atoms with Crippen molar-refractivity contribution < 1.29 is 8.42 Å². The third kappa shape index (κ3) is 8.44. The number of benzene rings is 1. The standard InChI is InChI=1S/C17H26NO2SSi.3C4H9.Sn/c1-13-7-9-16(10-8-13)21(19,20)18-11-14(2)17(12-18)15(3)22(4,5)6;3*1-3-4-2;/h7-10,14H,2,11-12H2,1,3-6H3;3*1,3-4H2,2H3;/b17-15-;;;;. The van der Waals surface area contributed by atoms with Gasteiger partial charge in [0.2, 0.25) is 0 Å². The molecule has 2 rings (SSSR count). The van der Waals surface area contributed by atoms with Gasteiger partial charge in [0.05, 0.1) is 0 Å². The monoisotopic (exact) mass is 627 g/mol. The van der Waals surface area contributed by atoms with E-state index in [1.165, 1.54) is 61.8 Å². The van der Waals surface area contributed by atoms with Crippen LogP contribution in [0.3, 0.4) is 0 Å². The van der Waals surface area contributed by atoms with Crippen LogP contribution in [0.2, 0.25) is 37.4 Å². The fraction of sp³-hybridized carbons (Fsp3) is 0.724. The van der Waals surface area contributed by atoms with Crippen LogP contribution in [0, 0.1) is 12.8 Å². The zero-order chi connectivity index (χ0) is 26.3. The quantitative estimate of drug-likeness (QED) is 0.194. The molecule has 6 heteroatoms. The van der Waals surface area contributed by atoms with Crippen LogP contribution in [0.15, 0.2) is 39.9 Å². The molecule has 200 valence electrons. The molecule has 1 aromatic carbocycles. The Labute approximate surface area is 223 Å². The third-order valence-corrected chi connectivity index (χ3v) is 28.8. The molecule has 0 aliphatic carbocycles. The maximum atomic E-state index is 13.7. The summed E-state index contributed by atoms with van der Waals surface area (Å²) < 4.78 is 35.1. The predicted molar refractivity (Wildman–Crippen MR) is 159 cm³/mol. The van der Waals surface area contributed by atoms with Crippen molar-refractivity contribution in [1.29, 1.82) is 0 Å². The van der Waals surface area contributed by atoms with E-state index < -0.39 is 36.5 Å². The Balaban J connectivity index is 2.49. The van der Waals surface area contributed by atoms with Crippen molar-refractivity contribution >= 4 is 36.5 Å². The second kappa shape index (κ2) is 13.6. The second-order valence-electron chi connectivity index (χ2n) is 12.2. The number of nitrogens with zero attached hydrogens (tertiary/aromatic N) is 1. The van der Waals surface area contributed by atoms with Gasteiger partial charge in [-0.2, -0.15) is 0 Å². The SMILES string of the molecule is CCC[CH2][Sn]([CH2]CCC)([CH2]CCC)[CH2]C1CN(S(=O)(=O)c2ccc(C)cc2)C/C1=C(\C)[Si](C)(C)C. The van der Waals surface area contributed by atoms with Crippen molar-refractivity contribution in [3.63, 3.8) is 0 Å². The van der Waals surface area contributed by atoms with Crippen LogP contribution >= 0.6 is 0 Å². The van der Waals surface area contributed by atoms with Gasteiger partial charge in [-0.05, 0) is 0 Å². The first-order chi connectivity index (χ1) is 16.4. The molecule has 0 N–H and O–H groups in total. The summed E-state index contributed by atoms with van der Waals surface area (Å²) in [4.78, 5) is 0.450. The van der Waals surface area contributed by atoms with E-state index in [0.29, 0.717) is 23.9 Å². The molecular formula is C29H53NO2SSiSn. The normalized spacial score (nSPS) is 19.4. The maximum absolute atomic E-state index is 13.7. The number of sulfonamides is 1. The Bertz CT molecular complexity index is 913. The molecule has 1 heterocycles. The number of aryl methyl sites for hydroxylation is 1. The molecule has 1 unspecified atom stereocenters. The van der Waals surface area contributed by atoms with Gasteiger partial charge in [-0.1, -0.05) is 0 Å². The molecule has 1 aromatic rings. The van der Waals surface area contributed by atoms with Gasteiger partial charge in [0.1, 0.15) is 0 Å². The zero-order valence-electron chi connectivity index (χ0n) is 24.0. The minimum absolute atomic E-state index is 0.434. The molecule has 0 aromatic heterocycles. The molecule has 1 aliphatic heterocycles. The van der Waals surface area contributed by atoms with E-state index in [1.54, 1.807) is 17.3 Å². The fourth-order valence-electron chi connectivity index (χ4n) is 5.74. The summed E-state index contributed by atoms with van der Waals surface area (Å²) in [5, 5.41) is 1.55. The van der Waals surface area contributed by atoms with Crippen molar-refractivity contribution in [3.05, 3.63) is 40.6 Å². The topological polar surface area (TPSA) is 37.4 Å². The first-order valence-corrected chi connectivity index (χ1v) is 27.2. The van der Waals surface area contributed by atoms with E-state index >= 15 is 0 Å². The number of allylic oxidation sites excluding steroid dienone is 1. The van der Waals surface area contributed by atoms with Gasteiger partial charge in [-0.25, -0.2) is 0 Å². The first kappa shape index (κ1) is 31.1. The van der Waals surface area contributed by atoms with Crippen molar-refractivity contribution in [2.75, 3.05) is 13.1 Å². The second-order valence-corrected chi connectivity index (χ2v) is 33.4. The molecule has 0 spiro atoms. The number of rotatable bonds is 14. The molecule has 35 heavy (non-hydrogen) atoms. The van der Waals surface area contributed by atoms with Crippen molar-refractivity contribution in [3.8, 4) is 0 Å². The van der Waals surface area contributed by atoms with Crippen LogP contribution in [-0.2, 0) is 10.0 Å². The Morgan fingerprint density at radius 1 is 0.943 bits per heavy atom. The summed E-state index contributed by atoms with van der Waals surface area (Å²) in [6.45, 7) is 19.9. The average molecular weight is 627 g/mol. The number of unbranched alkanes of at least 4 members (excludes halogenated alkanes) is 3. The molecule has 1 fully saturated rings. The van der Waals surface area contributed by atoms with Gasteiger partial charge >= 0.3 is 224 Å². The number of hydrogen-bond acceptors (Lipinski definition) is 2. The fourth-order valence-corrected chi connectivity index (χ4v) is 25.8. The summed E-state index contributed by atoms with van der Waals surface area (Å²) in [6, 6.07) is 7.43. The van der Waals surface area contributed by atoms with Crippen molar-refractivity contribution in [2.45, 2.75) is 115 Å². The zero-order valence-corrected chi connectivity index (χ0v) is 28.7. The molecule has 0 amide bonds. The molecule has 0 radical (unpaired) electrons. The van der Waals surface area contributed by atoms with Gasteiger partial charge in [-0.3, -0.25) is 0 Å². The summed E-state index contributed by atoms with van der Waals surface area (Å²) in [6.07, 6.45) is 7.96. The Hall–Kier alpha value is -0.114. The van der Waals surface area contributed by atoms with Crippen LogP contribution in [0.1, 0.15) is 71.8 Å². The summed E-state index contributed by atoms with van der Waals surface area (Å²) >= 11 is -2.42. The Kier molecular flexibility index (Phi) is 12.1. The molecule has 0 saturated carbocycles. The van der Waals surface area contributed by atoms with E-state index in [-0.39, 0.29) is 0 Å². The Morgan fingerprint density at radius 3 is 1.86 bits per heavy atom. The van der Waals surface area contributed by atoms with Gasteiger partial charge < -0.3 is 0 Å². The van der Waals surface area contributed by atoms with Crippen LogP contribution in [0.5, 0.6) is 0 Å². The minimum atomic E-state index is -3.47. The third-order valence-electron chi connectivity index (χ3n) is 8.39.